The van der Waals surface area contributed by atoms with E-state index in [2.05, 4.69) is 72.9 Å². The van der Waals surface area contributed by atoms with Crippen LogP contribution >= 0.6 is 0 Å². The van der Waals surface area contributed by atoms with Crippen molar-refractivity contribution in [3.8, 4) is 11.4 Å². The minimum absolute atomic E-state index is 0.151. The lowest BCUT2D eigenvalue weighted by atomic mass is 10.0. The molecule has 3 aromatic rings. The molecule has 2 aromatic heterocycles. The van der Waals surface area contributed by atoms with E-state index in [9.17, 15) is 4.39 Å². The summed E-state index contributed by atoms with van der Waals surface area (Å²) in [7, 11) is 0. The molecule has 0 aliphatic heterocycles. The standard InChI is InChI=1S/C29H35FN4O/c1-6-20(2)18-35-19-22(4)16-27(33-24-11-9-21(3)10-12-24)25-13-14-26(34-29(25)31-5)28-23(17-30)8-7-15-32-28/h7-16,20,22,33H,5-6,17-19H2,1-4H3/b27-16+. The van der Waals surface area contributed by atoms with Crippen molar-refractivity contribution in [3.05, 3.63) is 77.5 Å². The highest BCUT2D eigenvalue weighted by Crippen LogP contribution is 2.31. The van der Waals surface area contributed by atoms with Crippen molar-refractivity contribution in [2.24, 2.45) is 16.8 Å². The van der Waals surface area contributed by atoms with E-state index in [4.69, 9.17) is 4.74 Å². The summed E-state index contributed by atoms with van der Waals surface area (Å²) in [5.74, 6) is 1.14. The van der Waals surface area contributed by atoms with Gasteiger partial charge in [-0.05, 0) is 55.8 Å². The summed E-state index contributed by atoms with van der Waals surface area (Å²) in [6.07, 6.45) is 4.86. The second-order valence-corrected chi connectivity index (χ2v) is 8.97. The third kappa shape index (κ3) is 7.30. The van der Waals surface area contributed by atoms with Crippen LogP contribution in [-0.4, -0.2) is 29.9 Å². The van der Waals surface area contributed by atoms with Crippen molar-refractivity contribution in [1.29, 1.82) is 0 Å². The Morgan fingerprint density at radius 3 is 2.60 bits per heavy atom. The van der Waals surface area contributed by atoms with Crippen LogP contribution in [0.1, 0.15) is 43.9 Å². The minimum Gasteiger partial charge on any atom is -0.381 e. The first kappa shape index (κ1) is 26.2. The lowest BCUT2D eigenvalue weighted by Crippen LogP contribution is -2.11. The van der Waals surface area contributed by atoms with Gasteiger partial charge < -0.3 is 10.1 Å². The molecule has 0 aliphatic rings. The molecule has 1 aromatic carbocycles. The number of aryl methyl sites for hydroxylation is 1. The van der Waals surface area contributed by atoms with E-state index in [-0.39, 0.29) is 5.92 Å². The van der Waals surface area contributed by atoms with Gasteiger partial charge in [-0.3, -0.25) is 4.98 Å². The Morgan fingerprint density at radius 2 is 1.91 bits per heavy atom. The average molecular weight is 475 g/mol. The highest BCUT2D eigenvalue weighted by Gasteiger charge is 2.15. The molecule has 0 spiro atoms. The highest BCUT2D eigenvalue weighted by molar-refractivity contribution is 5.83. The number of pyridine rings is 2. The molecule has 184 valence electrons. The largest absolute Gasteiger partial charge is 0.381 e. The molecule has 5 nitrogen and oxygen atoms in total. The van der Waals surface area contributed by atoms with Crippen LogP contribution in [0.25, 0.3) is 17.1 Å². The van der Waals surface area contributed by atoms with Crippen molar-refractivity contribution in [2.75, 3.05) is 18.5 Å². The Balaban J connectivity index is 1.96. The number of rotatable bonds is 12. The molecule has 2 atom stereocenters. The maximum absolute atomic E-state index is 13.5. The second-order valence-electron chi connectivity index (χ2n) is 8.97. The number of alkyl halides is 1. The molecule has 6 heteroatoms. The molecule has 0 radical (unpaired) electrons. The van der Waals surface area contributed by atoms with E-state index in [0.29, 0.717) is 35.3 Å². The zero-order chi connectivity index (χ0) is 25.2. The van der Waals surface area contributed by atoms with Crippen LogP contribution in [0.5, 0.6) is 0 Å². The summed E-state index contributed by atoms with van der Waals surface area (Å²) < 4.78 is 19.5. The highest BCUT2D eigenvalue weighted by atomic mass is 19.1. The number of aliphatic imine (C=N–C) groups is 1. The fraction of sp³-hybridized carbons (Fsp3) is 0.345. The van der Waals surface area contributed by atoms with E-state index >= 15 is 0 Å². The summed E-state index contributed by atoms with van der Waals surface area (Å²) in [4.78, 5) is 13.2. The van der Waals surface area contributed by atoms with Gasteiger partial charge in [0.2, 0.25) is 0 Å². The van der Waals surface area contributed by atoms with Crippen LogP contribution in [0.4, 0.5) is 15.9 Å². The number of ether oxygens (including phenoxy) is 1. The Hall–Kier alpha value is -3.38. The molecule has 0 bridgehead atoms. The monoisotopic (exact) mass is 474 g/mol. The van der Waals surface area contributed by atoms with Crippen molar-refractivity contribution >= 4 is 23.9 Å². The molecule has 2 heterocycles. The number of hydrogen-bond donors (Lipinski definition) is 1. The van der Waals surface area contributed by atoms with Crippen molar-refractivity contribution < 1.29 is 9.13 Å². The maximum Gasteiger partial charge on any atom is 0.161 e. The smallest absolute Gasteiger partial charge is 0.161 e. The molecule has 1 N–H and O–H groups in total. The van der Waals surface area contributed by atoms with Crippen LogP contribution in [0.2, 0.25) is 0 Å². The maximum atomic E-state index is 13.5. The van der Waals surface area contributed by atoms with Gasteiger partial charge in [0, 0.05) is 35.3 Å². The number of aromatic nitrogens is 2. The molecule has 35 heavy (non-hydrogen) atoms. The van der Waals surface area contributed by atoms with Gasteiger partial charge in [0.15, 0.2) is 5.82 Å². The molecule has 2 unspecified atom stereocenters. The Bertz CT molecular complexity index is 1140. The summed E-state index contributed by atoms with van der Waals surface area (Å²) in [6.45, 7) is 13.0. The molecule has 0 saturated heterocycles. The number of nitrogens with one attached hydrogen (secondary N) is 1. The third-order valence-electron chi connectivity index (χ3n) is 5.85. The van der Waals surface area contributed by atoms with Gasteiger partial charge in [-0.2, -0.15) is 0 Å². The summed E-state index contributed by atoms with van der Waals surface area (Å²) in [6, 6.07) is 15.4. The summed E-state index contributed by atoms with van der Waals surface area (Å²) in [5, 5.41) is 3.52. The second kappa shape index (κ2) is 12.9. The first-order valence-corrected chi connectivity index (χ1v) is 12.1. The summed E-state index contributed by atoms with van der Waals surface area (Å²) in [5.41, 5.74) is 5.37. The number of anilines is 1. The zero-order valence-electron chi connectivity index (χ0n) is 21.1. The van der Waals surface area contributed by atoms with Gasteiger partial charge in [-0.15, -0.1) is 0 Å². The number of hydrogen-bond acceptors (Lipinski definition) is 5. The first-order chi connectivity index (χ1) is 16.9. The molecular formula is C29H35FN4O. The van der Waals surface area contributed by atoms with Gasteiger partial charge in [-0.1, -0.05) is 57.0 Å². The predicted molar refractivity (Wildman–Crippen MR) is 144 cm³/mol. The van der Waals surface area contributed by atoms with Gasteiger partial charge in [0.1, 0.15) is 6.67 Å². The van der Waals surface area contributed by atoms with Crippen molar-refractivity contribution in [1.82, 2.24) is 9.97 Å². The van der Waals surface area contributed by atoms with Crippen molar-refractivity contribution in [2.45, 2.75) is 40.8 Å². The van der Waals surface area contributed by atoms with E-state index in [1.807, 2.05) is 24.3 Å². The predicted octanol–water partition coefficient (Wildman–Crippen LogP) is 7.41. The number of benzene rings is 1. The van der Waals surface area contributed by atoms with Gasteiger partial charge in [-0.25, -0.2) is 14.4 Å². The third-order valence-corrected chi connectivity index (χ3v) is 5.85. The lowest BCUT2D eigenvalue weighted by Gasteiger charge is -2.17. The zero-order valence-corrected chi connectivity index (χ0v) is 21.1. The normalized spacial score (nSPS) is 13.3. The molecular weight excluding hydrogens is 439 g/mol. The van der Waals surface area contributed by atoms with E-state index in [1.165, 1.54) is 5.56 Å². The first-order valence-electron chi connectivity index (χ1n) is 12.1. The Labute approximate surface area is 208 Å². The molecule has 0 saturated carbocycles. The fourth-order valence-electron chi connectivity index (χ4n) is 3.58. The fourth-order valence-corrected chi connectivity index (χ4v) is 3.58. The van der Waals surface area contributed by atoms with Crippen LogP contribution in [0.3, 0.4) is 0 Å². The van der Waals surface area contributed by atoms with E-state index in [1.54, 1.807) is 18.3 Å². The lowest BCUT2D eigenvalue weighted by molar-refractivity contribution is 0.0891. The van der Waals surface area contributed by atoms with Crippen LogP contribution in [0, 0.1) is 18.8 Å². The van der Waals surface area contributed by atoms with Crippen LogP contribution < -0.4 is 5.32 Å². The average Bonchev–Trinajstić information content (AvgIpc) is 2.89. The quantitative estimate of drug-likeness (QED) is 0.278. The Kier molecular flexibility index (Phi) is 9.67. The van der Waals surface area contributed by atoms with Gasteiger partial charge in [0.05, 0.1) is 18.0 Å². The van der Waals surface area contributed by atoms with Crippen LogP contribution in [0.15, 0.2) is 65.8 Å². The molecule has 0 fully saturated rings. The molecule has 0 aliphatic carbocycles. The SMILES string of the molecule is C=Nc1nc(-c2ncccc2CF)ccc1/C(=C\C(C)COCC(C)CC)Nc1ccc(C)cc1. The molecule has 3 rings (SSSR count). The molecule has 0 amide bonds. The van der Waals surface area contributed by atoms with Gasteiger partial charge in [0.25, 0.3) is 0 Å². The summed E-state index contributed by atoms with van der Waals surface area (Å²) >= 11 is 0. The van der Waals surface area contributed by atoms with E-state index < -0.39 is 6.67 Å². The Morgan fingerprint density at radius 1 is 1.14 bits per heavy atom. The number of halogens is 1. The number of nitrogens with zero attached hydrogens (tertiary/aromatic N) is 3. The van der Waals surface area contributed by atoms with Gasteiger partial charge >= 0.3 is 0 Å². The van der Waals surface area contributed by atoms with Crippen LogP contribution in [-0.2, 0) is 11.4 Å². The minimum atomic E-state index is -0.613. The van der Waals surface area contributed by atoms with E-state index in [0.717, 1.165) is 30.0 Å². The van der Waals surface area contributed by atoms with Crippen molar-refractivity contribution in [3.63, 3.8) is 0 Å². The topological polar surface area (TPSA) is 59.4 Å².